The van der Waals surface area contributed by atoms with Gasteiger partial charge in [-0.1, -0.05) is 25.0 Å². The number of hydrogen-bond donors (Lipinski definition) is 1. The molecule has 5 rings (SSSR count). The van der Waals surface area contributed by atoms with Crippen LogP contribution in [0.3, 0.4) is 0 Å². The largest absolute Gasteiger partial charge is 0.333 e. The predicted octanol–water partition coefficient (Wildman–Crippen LogP) is 2.74. The van der Waals surface area contributed by atoms with Crippen molar-refractivity contribution >= 4 is 5.91 Å². The van der Waals surface area contributed by atoms with Crippen molar-refractivity contribution in [3.05, 3.63) is 47.3 Å². The first-order chi connectivity index (χ1) is 14.2. The van der Waals surface area contributed by atoms with Gasteiger partial charge in [0.2, 0.25) is 5.91 Å². The number of piperidine rings is 1. The number of aromatic nitrogens is 3. The van der Waals surface area contributed by atoms with Gasteiger partial charge in [0.05, 0.1) is 12.0 Å². The highest BCUT2D eigenvalue weighted by Crippen LogP contribution is 2.43. The van der Waals surface area contributed by atoms with Crippen molar-refractivity contribution in [1.29, 1.82) is 0 Å². The van der Waals surface area contributed by atoms with Crippen LogP contribution >= 0.6 is 0 Å². The monoisotopic (exact) mass is 397 g/mol. The Balaban J connectivity index is 1.38. The Morgan fingerprint density at radius 2 is 1.90 bits per heavy atom. The van der Waals surface area contributed by atoms with Gasteiger partial charge in [-0.3, -0.25) is 4.79 Å². The molecule has 2 aromatic rings. The molecule has 0 unspecified atom stereocenters. The van der Waals surface area contributed by atoms with Crippen LogP contribution in [0.1, 0.15) is 61.7 Å². The Labute approximate surface area is 170 Å². The Kier molecular flexibility index (Phi) is 4.86. The number of carbonyl (C=O) groups is 1. The fourth-order valence-electron chi connectivity index (χ4n) is 5.40. The second-order valence-corrected chi connectivity index (χ2v) is 8.69. The molecule has 3 heterocycles. The van der Waals surface area contributed by atoms with Gasteiger partial charge >= 0.3 is 0 Å². The molecule has 1 saturated heterocycles. The maximum Gasteiger partial charge on any atom is 0.233 e. The molecule has 1 aliphatic carbocycles. The van der Waals surface area contributed by atoms with Crippen molar-refractivity contribution < 1.29 is 9.18 Å². The Hall–Kier alpha value is -2.28. The number of benzene rings is 1. The second kappa shape index (κ2) is 7.52. The molecule has 3 aliphatic rings. The number of halogens is 1. The topological polar surface area (TPSA) is 63.1 Å². The van der Waals surface area contributed by atoms with Crippen molar-refractivity contribution in [1.82, 2.24) is 25.0 Å². The van der Waals surface area contributed by atoms with E-state index in [1.54, 1.807) is 12.1 Å². The highest BCUT2D eigenvalue weighted by molar-refractivity contribution is 5.88. The molecule has 154 valence electrons. The summed E-state index contributed by atoms with van der Waals surface area (Å²) in [5.41, 5.74) is 0.425. The molecule has 1 atom stereocenters. The third kappa shape index (κ3) is 3.25. The summed E-state index contributed by atoms with van der Waals surface area (Å²) < 4.78 is 15.7. The van der Waals surface area contributed by atoms with E-state index < -0.39 is 5.41 Å². The lowest BCUT2D eigenvalue weighted by Gasteiger charge is -2.37. The number of nitrogens with zero attached hydrogens (tertiary/aromatic N) is 4. The molecule has 2 aliphatic heterocycles. The SMILES string of the molecule is O=C(N1CCn2c(nnc2[C@@H]2CCCNC2)C1)C1(c2ccc(F)cc2)CCCC1. The van der Waals surface area contributed by atoms with Crippen molar-refractivity contribution in [2.24, 2.45) is 0 Å². The molecule has 29 heavy (non-hydrogen) atoms. The third-order valence-corrected chi connectivity index (χ3v) is 6.99. The lowest BCUT2D eigenvalue weighted by molar-refractivity contribution is -0.139. The van der Waals surface area contributed by atoms with Crippen molar-refractivity contribution in [3.8, 4) is 0 Å². The Bertz CT molecular complexity index is 881. The number of carbonyl (C=O) groups excluding carboxylic acids is 1. The number of amides is 1. The highest BCUT2D eigenvalue weighted by atomic mass is 19.1. The van der Waals surface area contributed by atoms with E-state index >= 15 is 0 Å². The molecule has 1 amide bonds. The van der Waals surface area contributed by atoms with Gasteiger partial charge in [0, 0.05) is 25.6 Å². The molecule has 1 aromatic heterocycles. The van der Waals surface area contributed by atoms with E-state index in [1.807, 2.05) is 4.90 Å². The fourth-order valence-corrected chi connectivity index (χ4v) is 5.40. The predicted molar refractivity (Wildman–Crippen MR) is 107 cm³/mol. The molecule has 7 heteroatoms. The van der Waals surface area contributed by atoms with Gasteiger partial charge in [-0.25, -0.2) is 4.39 Å². The van der Waals surface area contributed by atoms with Crippen molar-refractivity contribution in [3.63, 3.8) is 0 Å². The van der Waals surface area contributed by atoms with E-state index in [4.69, 9.17) is 0 Å². The zero-order valence-corrected chi connectivity index (χ0v) is 16.7. The van der Waals surface area contributed by atoms with E-state index in [0.717, 1.165) is 75.4 Å². The van der Waals surface area contributed by atoms with E-state index in [-0.39, 0.29) is 11.7 Å². The van der Waals surface area contributed by atoms with Crippen LogP contribution in [0.5, 0.6) is 0 Å². The van der Waals surface area contributed by atoms with Gasteiger partial charge in [-0.05, 0) is 49.9 Å². The first kappa shape index (κ1) is 18.7. The minimum atomic E-state index is -0.522. The summed E-state index contributed by atoms with van der Waals surface area (Å²) in [4.78, 5) is 15.6. The molecule has 0 radical (unpaired) electrons. The van der Waals surface area contributed by atoms with Gasteiger partial charge in [-0.15, -0.1) is 10.2 Å². The summed E-state index contributed by atoms with van der Waals surface area (Å²) in [6.07, 6.45) is 6.04. The molecular formula is C22H28FN5O. The van der Waals surface area contributed by atoms with Crippen LogP contribution in [-0.4, -0.2) is 45.2 Å². The molecule has 2 fully saturated rings. The number of fused-ring (bicyclic) bond motifs is 1. The average molecular weight is 397 g/mol. The normalized spacial score (nSPS) is 23.8. The minimum absolute atomic E-state index is 0.164. The quantitative estimate of drug-likeness (QED) is 0.865. The van der Waals surface area contributed by atoms with Gasteiger partial charge in [0.25, 0.3) is 0 Å². The van der Waals surface area contributed by atoms with Crippen LogP contribution in [0.4, 0.5) is 4.39 Å². The second-order valence-electron chi connectivity index (χ2n) is 8.69. The van der Waals surface area contributed by atoms with Gasteiger partial charge < -0.3 is 14.8 Å². The minimum Gasteiger partial charge on any atom is -0.333 e. The number of nitrogens with one attached hydrogen (secondary N) is 1. The lowest BCUT2D eigenvalue weighted by atomic mass is 9.77. The average Bonchev–Trinajstić information content (AvgIpc) is 3.42. The van der Waals surface area contributed by atoms with E-state index in [0.29, 0.717) is 19.0 Å². The zero-order chi connectivity index (χ0) is 19.8. The van der Waals surface area contributed by atoms with Crippen molar-refractivity contribution in [2.45, 2.75) is 62.9 Å². The smallest absolute Gasteiger partial charge is 0.233 e. The Morgan fingerprint density at radius 3 is 2.62 bits per heavy atom. The van der Waals surface area contributed by atoms with Crippen LogP contribution in [0.15, 0.2) is 24.3 Å². The van der Waals surface area contributed by atoms with Crippen LogP contribution in [0.25, 0.3) is 0 Å². The molecule has 0 bridgehead atoms. The van der Waals surface area contributed by atoms with E-state index in [9.17, 15) is 9.18 Å². The van der Waals surface area contributed by atoms with Gasteiger partial charge in [-0.2, -0.15) is 0 Å². The van der Waals surface area contributed by atoms with Gasteiger partial charge in [0.15, 0.2) is 5.82 Å². The maximum absolute atomic E-state index is 13.7. The summed E-state index contributed by atoms with van der Waals surface area (Å²) in [5.74, 6) is 2.26. The van der Waals surface area contributed by atoms with Gasteiger partial charge in [0.1, 0.15) is 11.6 Å². The van der Waals surface area contributed by atoms with E-state index in [2.05, 4.69) is 20.1 Å². The standard InChI is InChI=1S/C22H28FN5O/c23-18-7-5-17(6-8-18)22(9-1-2-10-22)21(29)27-12-13-28-19(15-27)25-26-20(28)16-4-3-11-24-14-16/h5-8,16,24H,1-4,9-15H2/t16-/m1/s1. The lowest BCUT2D eigenvalue weighted by Crippen LogP contribution is -2.48. The zero-order valence-electron chi connectivity index (χ0n) is 16.7. The third-order valence-electron chi connectivity index (χ3n) is 6.99. The van der Waals surface area contributed by atoms with Crippen LogP contribution < -0.4 is 5.32 Å². The van der Waals surface area contributed by atoms with E-state index in [1.165, 1.54) is 12.1 Å². The molecular weight excluding hydrogens is 369 g/mol. The highest BCUT2D eigenvalue weighted by Gasteiger charge is 2.45. The molecule has 1 aromatic carbocycles. The number of hydrogen-bond acceptors (Lipinski definition) is 4. The van der Waals surface area contributed by atoms with Crippen LogP contribution in [0, 0.1) is 5.82 Å². The molecule has 6 nitrogen and oxygen atoms in total. The summed E-state index contributed by atoms with van der Waals surface area (Å²) in [6.45, 7) is 3.97. The summed E-state index contributed by atoms with van der Waals surface area (Å²) in [7, 11) is 0. The van der Waals surface area contributed by atoms with Crippen molar-refractivity contribution in [2.75, 3.05) is 19.6 Å². The fraction of sp³-hybridized carbons (Fsp3) is 0.591. The number of rotatable bonds is 3. The summed E-state index contributed by atoms with van der Waals surface area (Å²) >= 11 is 0. The van der Waals surface area contributed by atoms with Crippen LogP contribution in [-0.2, 0) is 23.3 Å². The molecule has 1 saturated carbocycles. The summed E-state index contributed by atoms with van der Waals surface area (Å²) in [5, 5.41) is 12.4. The molecule has 1 N–H and O–H groups in total. The first-order valence-electron chi connectivity index (χ1n) is 10.9. The maximum atomic E-state index is 13.7. The molecule has 0 spiro atoms. The van der Waals surface area contributed by atoms with Crippen LogP contribution in [0.2, 0.25) is 0 Å². The summed E-state index contributed by atoms with van der Waals surface area (Å²) in [6, 6.07) is 6.53. The Morgan fingerprint density at radius 1 is 1.10 bits per heavy atom. The first-order valence-corrected chi connectivity index (χ1v) is 10.9.